The molecule has 2 heterocycles. The van der Waals surface area contributed by atoms with Crippen LogP contribution in [0.1, 0.15) is 78.7 Å². The molecule has 0 radical (unpaired) electrons. The van der Waals surface area contributed by atoms with Crippen molar-refractivity contribution in [2.45, 2.75) is 75.7 Å². The smallest absolute Gasteiger partial charge is 0.274 e. The highest BCUT2D eigenvalue weighted by molar-refractivity contribution is 5.94. The second-order valence-electron chi connectivity index (χ2n) is 9.92. The van der Waals surface area contributed by atoms with Crippen LogP contribution < -0.4 is 5.32 Å². The maximum absolute atomic E-state index is 13.1. The highest BCUT2D eigenvalue weighted by Gasteiger charge is 2.36. The average Bonchev–Trinajstić information content (AvgIpc) is 3.47. The zero-order chi connectivity index (χ0) is 21.3. The minimum Gasteiger partial charge on any atom is -0.337 e. The number of amides is 1. The highest BCUT2D eigenvalue weighted by Crippen LogP contribution is 2.39. The Morgan fingerprint density at radius 1 is 1.10 bits per heavy atom. The summed E-state index contributed by atoms with van der Waals surface area (Å²) in [5.74, 6) is 0.142. The minimum atomic E-state index is 0.142. The predicted octanol–water partition coefficient (Wildman–Crippen LogP) is 4.01. The van der Waals surface area contributed by atoms with Crippen molar-refractivity contribution in [1.29, 1.82) is 0 Å². The molecule has 0 unspecified atom stereocenters. The molecule has 5 rings (SSSR count). The fourth-order valence-corrected chi connectivity index (χ4v) is 6.13. The Morgan fingerprint density at radius 3 is 2.58 bits per heavy atom. The van der Waals surface area contributed by atoms with Gasteiger partial charge in [0.15, 0.2) is 5.69 Å². The summed E-state index contributed by atoms with van der Waals surface area (Å²) in [6.45, 7) is 2.80. The number of aryl methyl sites for hydroxylation is 1. The summed E-state index contributed by atoms with van der Waals surface area (Å²) >= 11 is 0. The van der Waals surface area contributed by atoms with Crippen LogP contribution in [0.3, 0.4) is 0 Å². The first-order valence-electron chi connectivity index (χ1n) is 12.3. The second-order valence-corrected chi connectivity index (χ2v) is 9.92. The highest BCUT2D eigenvalue weighted by atomic mass is 16.2. The molecule has 2 aliphatic carbocycles. The van der Waals surface area contributed by atoms with Gasteiger partial charge < -0.3 is 10.2 Å². The van der Waals surface area contributed by atoms with E-state index in [1.165, 1.54) is 48.9 Å². The molecule has 1 saturated carbocycles. The third kappa shape index (κ3) is 4.05. The molecule has 2 fully saturated rings. The normalized spacial score (nSPS) is 23.0. The first-order valence-corrected chi connectivity index (χ1v) is 12.3. The van der Waals surface area contributed by atoms with Gasteiger partial charge in [-0.15, -0.1) is 0 Å². The molecule has 31 heavy (non-hydrogen) atoms. The molecular formula is C26H36N4O. The van der Waals surface area contributed by atoms with Crippen molar-refractivity contribution >= 4 is 5.91 Å². The quantitative estimate of drug-likeness (QED) is 0.795. The minimum absolute atomic E-state index is 0.142. The Morgan fingerprint density at radius 2 is 1.84 bits per heavy atom. The number of nitrogens with one attached hydrogen (secondary N) is 1. The first kappa shape index (κ1) is 20.7. The number of carbonyl (C=O) groups is 1. The van der Waals surface area contributed by atoms with Crippen molar-refractivity contribution in [3.05, 3.63) is 52.8 Å². The van der Waals surface area contributed by atoms with E-state index in [9.17, 15) is 4.79 Å². The number of carbonyl (C=O) groups excluding carboxylic acids is 1. The van der Waals surface area contributed by atoms with Crippen molar-refractivity contribution in [3.8, 4) is 0 Å². The molecule has 5 heteroatoms. The Bertz CT molecular complexity index is 907. The van der Waals surface area contributed by atoms with E-state index in [0.29, 0.717) is 11.7 Å². The fourth-order valence-electron chi connectivity index (χ4n) is 6.13. The summed E-state index contributed by atoms with van der Waals surface area (Å²) in [6.07, 6.45) is 11.8. The number of fused-ring (bicyclic) bond motifs is 1. The lowest BCUT2D eigenvalue weighted by Crippen LogP contribution is -2.45. The van der Waals surface area contributed by atoms with Crippen LogP contribution >= 0.6 is 0 Å². The summed E-state index contributed by atoms with van der Waals surface area (Å²) in [7, 11) is 2.00. The summed E-state index contributed by atoms with van der Waals surface area (Å²) in [6, 6.07) is 11.6. The van der Waals surface area contributed by atoms with Crippen molar-refractivity contribution in [2.24, 2.45) is 7.05 Å². The van der Waals surface area contributed by atoms with E-state index in [0.717, 1.165) is 51.7 Å². The van der Waals surface area contributed by atoms with E-state index in [1.54, 1.807) is 0 Å². The van der Waals surface area contributed by atoms with Gasteiger partial charge in [-0.3, -0.25) is 9.48 Å². The van der Waals surface area contributed by atoms with Gasteiger partial charge in [0.05, 0.1) is 0 Å². The number of hydrogen-bond donors (Lipinski definition) is 1. The van der Waals surface area contributed by atoms with E-state index in [-0.39, 0.29) is 11.3 Å². The number of hydrogen-bond acceptors (Lipinski definition) is 3. The van der Waals surface area contributed by atoms with Crippen molar-refractivity contribution in [3.63, 3.8) is 0 Å². The molecule has 0 bridgehead atoms. The van der Waals surface area contributed by atoms with Crippen LogP contribution in [0.4, 0.5) is 0 Å². The third-order valence-electron chi connectivity index (χ3n) is 7.98. The zero-order valence-corrected chi connectivity index (χ0v) is 18.9. The topological polar surface area (TPSA) is 50.2 Å². The average molecular weight is 421 g/mol. The molecule has 5 nitrogen and oxygen atoms in total. The molecule has 1 aliphatic heterocycles. The lowest BCUT2D eigenvalue weighted by molar-refractivity contribution is 0.0785. The molecule has 1 aromatic heterocycles. The Labute approximate surface area is 186 Å². The van der Waals surface area contributed by atoms with Crippen LogP contribution in [0.25, 0.3) is 0 Å². The van der Waals surface area contributed by atoms with Gasteiger partial charge in [0.1, 0.15) is 0 Å². The van der Waals surface area contributed by atoms with Gasteiger partial charge in [0, 0.05) is 49.4 Å². The van der Waals surface area contributed by atoms with Crippen LogP contribution in [-0.4, -0.2) is 46.3 Å². The summed E-state index contributed by atoms with van der Waals surface area (Å²) < 4.78 is 1.96. The van der Waals surface area contributed by atoms with Gasteiger partial charge in [-0.1, -0.05) is 49.6 Å². The summed E-state index contributed by atoms with van der Waals surface area (Å²) in [5, 5.41) is 8.63. The van der Waals surface area contributed by atoms with Crippen LogP contribution in [0.15, 0.2) is 30.3 Å². The maximum Gasteiger partial charge on any atom is 0.274 e. The predicted molar refractivity (Wildman–Crippen MR) is 123 cm³/mol. The molecule has 1 N–H and O–H groups in total. The van der Waals surface area contributed by atoms with Gasteiger partial charge in [0.25, 0.3) is 5.91 Å². The van der Waals surface area contributed by atoms with Crippen molar-refractivity contribution in [1.82, 2.24) is 20.0 Å². The first-order chi connectivity index (χ1) is 15.2. The fraction of sp³-hybridized carbons (Fsp3) is 0.615. The van der Waals surface area contributed by atoms with E-state index in [4.69, 9.17) is 0 Å². The number of likely N-dealkylation sites (tertiary alicyclic amines) is 1. The molecule has 0 spiro atoms. The maximum atomic E-state index is 13.1. The van der Waals surface area contributed by atoms with E-state index < -0.39 is 0 Å². The van der Waals surface area contributed by atoms with Gasteiger partial charge >= 0.3 is 0 Å². The number of benzene rings is 1. The molecule has 166 valence electrons. The zero-order valence-electron chi connectivity index (χ0n) is 18.9. The summed E-state index contributed by atoms with van der Waals surface area (Å²) in [4.78, 5) is 15.1. The lowest BCUT2D eigenvalue weighted by atomic mass is 9.69. The summed E-state index contributed by atoms with van der Waals surface area (Å²) in [5.41, 5.74) is 4.91. The monoisotopic (exact) mass is 420 g/mol. The molecule has 3 aliphatic rings. The van der Waals surface area contributed by atoms with Crippen LogP contribution in [0.5, 0.6) is 0 Å². The Balaban J connectivity index is 1.32. The van der Waals surface area contributed by atoms with E-state index >= 15 is 0 Å². The van der Waals surface area contributed by atoms with Crippen LogP contribution in [-0.2, 0) is 25.3 Å². The second kappa shape index (κ2) is 8.78. The van der Waals surface area contributed by atoms with Gasteiger partial charge in [-0.25, -0.2) is 0 Å². The molecule has 1 amide bonds. The molecule has 2 aromatic rings. The molecule has 1 aromatic carbocycles. The number of nitrogens with zero attached hydrogens (tertiary/aromatic N) is 3. The van der Waals surface area contributed by atoms with Crippen LogP contribution in [0.2, 0.25) is 0 Å². The standard InChI is InChI=1S/C26H36N4O/c1-29-23-13-12-21(18-22(23)24(28-29)25(31)30-16-8-9-17-30)27-19-26(14-6-3-7-15-26)20-10-4-2-5-11-20/h2,4-5,10-11,21,27H,3,6-9,12-19H2,1H3/t21-/m0/s1. The largest absolute Gasteiger partial charge is 0.337 e. The van der Waals surface area contributed by atoms with Crippen molar-refractivity contribution in [2.75, 3.05) is 19.6 Å². The number of aromatic nitrogens is 2. The Kier molecular flexibility index (Phi) is 5.87. The Hall–Kier alpha value is -2.14. The van der Waals surface area contributed by atoms with E-state index in [1.807, 2.05) is 16.6 Å². The van der Waals surface area contributed by atoms with Gasteiger partial charge in [-0.05, 0) is 50.5 Å². The SMILES string of the molecule is Cn1nc(C(=O)N2CCCC2)c2c1CC[C@H](NCC1(c3ccccc3)CCCCC1)C2. The third-order valence-corrected chi connectivity index (χ3v) is 7.98. The van der Waals surface area contributed by atoms with Gasteiger partial charge in [-0.2, -0.15) is 5.10 Å². The van der Waals surface area contributed by atoms with Gasteiger partial charge in [0.2, 0.25) is 0 Å². The molecule has 1 saturated heterocycles. The van der Waals surface area contributed by atoms with E-state index in [2.05, 4.69) is 40.7 Å². The van der Waals surface area contributed by atoms with Crippen LogP contribution in [0, 0.1) is 0 Å². The lowest BCUT2D eigenvalue weighted by Gasteiger charge is -2.40. The molecular weight excluding hydrogens is 384 g/mol. The van der Waals surface area contributed by atoms with Crippen molar-refractivity contribution < 1.29 is 4.79 Å². The molecule has 1 atom stereocenters. The number of rotatable bonds is 5.